The number of nitrogens with one attached hydrogen (secondary N) is 1. The summed E-state index contributed by atoms with van der Waals surface area (Å²) in [7, 11) is 0. The van der Waals surface area contributed by atoms with Gasteiger partial charge < -0.3 is 5.32 Å². The highest BCUT2D eigenvalue weighted by atomic mass is 16.1. The van der Waals surface area contributed by atoms with E-state index in [1.807, 2.05) is 42.5 Å². The minimum Gasteiger partial charge on any atom is -0.322 e. The van der Waals surface area contributed by atoms with E-state index in [9.17, 15) is 4.79 Å². The van der Waals surface area contributed by atoms with Crippen LogP contribution in [-0.2, 0) is 11.8 Å². The number of unbranched alkanes of at least 4 members (excludes halogenated alkanes) is 1. The molecule has 122 valence electrons. The Labute approximate surface area is 139 Å². The Morgan fingerprint density at radius 1 is 1.00 bits per heavy atom. The lowest BCUT2D eigenvalue weighted by Crippen LogP contribution is -2.15. The van der Waals surface area contributed by atoms with Crippen LogP contribution < -0.4 is 5.32 Å². The minimum atomic E-state index is -0.0468. The zero-order valence-corrected chi connectivity index (χ0v) is 14.6. The quantitative estimate of drug-likeness (QED) is 0.767. The van der Waals surface area contributed by atoms with E-state index in [1.165, 1.54) is 11.1 Å². The molecule has 0 saturated carbocycles. The van der Waals surface area contributed by atoms with Gasteiger partial charge >= 0.3 is 0 Å². The van der Waals surface area contributed by atoms with E-state index in [1.54, 1.807) is 0 Å². The maximum absolute atomic E-state index is 12.5. The molecule has 23 heavy (non-hydrogen) atoms. The van der Waals surface area contributed by atoms with Crippen molar-refractivity contribution in [2.75, 3.05) is 5.32 Å². The molecular weight excluding hydrogens is 282 g/mol. The SMILES string of the molecule is CCCCc1ccccc1NC(=O)c1ccc(C(C)(C)C)cc1. The van der Waals surface area contributed by atoms with Gasteiger partial charge in [0.15, 0.2) is 0 Å². The maximum Gasteiger partial charge on any atom is 0.255 e. The van der Waals surface area contributed by atoms with Crippen LogP contribution in [0, 0.1) is 0 Å². The van der Waals surface area contributed by atoms with Crippen LogP contribution in [0.25, 0.3) is 0 Å². The number of aryl methyl sites for hydroxylation is 1. The van der Waals surface area contributed by atoms with Crippen LogP contribution >= 0.6 is 0 Å². The highest BCUT2D eigenvalue weighted by Gasteiger charge is 2.14. The Morgan fingerprint density at radius 2 is 1.65 bits per heavy atom. The van der Waals surface area contributed by atoms with Crippen molar-refractivity contribution < 1.29 is 4.79 Å². The first kappa shape index (κ1) is 17.3. The van der Waals surface area contributed by atoms with Gasteiger partial charge in [-0.15, -0.1) is 0 Å². The Kier molecular flexibility index (Phi) is 5.59. The zero-order chi connectivity index (χ0) is 16.9. The number of amides is 1. The van der Waals surface area contributed by atoms with Crippen LogP contribution in [0.2, 0.25) is 0 Å². The predicted molar refractivity (Wildman–Crippen MR) is 98.1 cm³/mol. The molecule has 0 bridgehead atoms. The minimum absolute atomic E-state index is 0.0468. The van der Waals surface area contributed by atoms with Gasteiger partial charge in [0, 0.05) is 11.3 Å². The Bertz CT molecular complexity index is 650. The fourth-order valence-electron chi connectivity index (χ4n) is 2.54. The molecule has 1 amide bonds. The van der Waals surface area contributed by atoms with Gasteiger partial charge in [0.05, 0.1) is 0 Å². The second-order valence-electron chi connectivity index (χ2n) is 7.04. The van der Waals surface area contributed by atoms with Crippen LogP contribution in [-0.4, -0.2) is 5.91 Å². The molecular formula is C21H27NO. The third-order valence-electron chi connectivity index (χ3n) is 4.08. The van der Waals surface area contributed by atoms with Gasteiger partial charge in [-0.25, -0.2) is 0 Å². The van der Waals surface area contributed by atoms with Crippen LogP contribution in [0.5, 0.6) is 0 Å². The van der Waals surface area contributed by atoms with Crippen molar-refractivity contribution in [1.29, 1.82) is 0 Å². The van der Waals surface area contributed by atoms with Gasteiger partial charge in [-0.1, -0.05) is 64.4 Å². The molecule has 0 heterocycles. The van der Waals surface area contributed by atoms with Gasteiger partial charge in [0.25, 0.3) is 5.91 Å². The number of anilines is 1. The van der Waals surface area contributed by atoms with Gasteiger partial charge in [-0.3, -0.25) is 4.79 Å². The summed E-state index contributed by atoms with van der Waals surface area (Å²) in [6.45, 7) is 8.70. The molecule has 2 aromatic rings. The van der Waals surface area contributed by atoms with Crippen molar-refractivity contribution >= 4 is 11.6 Å². The summed E-state index contributed by atoms with van der Waals surface area (Å²) in [5.74, 6) is -0.0468. The number of hydrogen-bond acceptors (Lipinski definition) is 1. The predicted octanol–water partition coefficient (Wildman–Crippen LogP) is 5.58. The highest BCUT2D eigenvalue weighted by molar-refractivity contribution is 6.04. The molecule has 0 aliphatic carbocycles. The Balaban J connectivity index is 2.13. The summed E-state index contributed by atoms with van der Waals surface area (Å²) < 4.78 is 0. The molecule has 0 aliphatic rings. The monoisotopic (exact) mass is 309 g/mol. The molecule has 0 radical (unpaired) electrons. The lowest BCUT2D eigenvalue weighted by Gasteiger charge is -2.19. The average molecular weight is 309 g/mol. The van der Waals surface area contributed by atoms with Crippen molar-refractivity contribution in [3.63, 3.8) is 0 Å². The van der Waals surface area contributed by atoms with Gasteiger partial charge in [-0.05, 0) is 47.6 Å². The van der Waals surface area contributed by atoms with Crippen molar-refractivity contribution in [3.8, 4) is 0 Å². The van der Waals surface area contributed by atoms with E-state index < -0.39 is 0 Å². The first-order valence-corrected chi connectivity index (χ1v) is 8.41. The number of para-hydroxylation sites is 1. The lowest BCUT2D eigenvalue weighted by atomic mass is 9.86. The molecule has 0 fully saturated rings. The number of carbonyl (C=O) groups is 1. The standard InChI is InChI=1S/C21H27NO/c1-5-6-9-16-10-7-8-11-19(16)22-20(23)17-12-14-18(15-13-17)21(2,3)4/h7-8,10-15H,5-6,9H2,1-4H3,(H,22,23). The largest absolute Gasteiger partial charge is 0.322 e. The lowest BCUT2D eigenvalue weighted by molar-refractivity contribution is 0.102. The molecule has 2 rings (SSSR count). The Morgan fingerprint density at radius 3 is 2.26 bits per heavy atom. The van der Waals surface area contributed by atoms with Crippen molar-refractivity contribution in [3.05, 3.63) is 65.2 Å². The van der Waals surface area contributed by atoms with Crippen molar-refractivity contribution in [2.45, 2.75) is 52.4 Å². The Hall–Kier alpha value is -2.09. The summed E-state index contributed by atoms with van der Waals surface area (Å²) >= 11 is 0. The van der Waals surface area contributed by atoms with Crippen molar-refractivity contribution in [1.82, 2.24) is 0 Å². The number of benzene rings is 2. The second-order valence-corrected chi connectivity index (χ2v) is 7.04. The molecule has 0 atom stereocenters. The fraction of sp³-hybridized carbons (Fsp3) is 0.381. The molecule has 0 saturated heterocycles. The van der Waals surface area contributed by atoms with Gasteiger partial charge in [0.1, 0.15) is 0 Å². The van der Waals surface area contributed by atoms with Crippen LogP contribution in [0.4, 0.5) is 5.69 Å². The summed E-state index contributed by atoms with van der Waals surface area (Å²) in [6.07, 6.45) is 3.28. The summed E-state index contributed by atoms with van der Waals surface area (Å²) in [5.41, 5.74) is 4.16. The van der Waals surface area contributed by atoms with E-state index in [0.717, 1.165) is 24.9 Å². The first-order chi connectivity index (χ1) is 10.9. The normalized spacial score (nSPS) is 11.3. The maximum atomic E-state index is 12.5. The molecule has 0 aliphatic heterocycles. The van der Waals surface area contributed by atoms with Gasteiger partial charge in [-0.2, -0.15) is 0 Å². The molecule has 2 nitrogen and oxygen atoms in total. The van der Waals surface area contributed by atoms with Crippen molar-refractivity contribution in [2.24, 2.45) is 0 Å². The van der Waals surface area contributed by atoms with E-state index in [-0.39, 0.29) is 11.3 Å². The third-order valence-corrected chi connectivity index (χ3v) is 4.08. The zero-order valence-electron chi connectivity index (χ0n) is 14.6. The fourth-order valence-corrected chi connectivity index (χ4v) is 2.54. The number of carbonyl (C=O) groups excluding carboxylic acids is 1. The number of rotatable bonds is 5. The molecule has 0 unspecified atom stereocenters. The highest BCUT2D eigenvalue weighted by Crippen LogP contribution is 2.23. The van der Waals surface area contributed by atoms with E-state index in [0.29, 0.717) is 5.56 Å². The van der Waals surface area contributed by atoms with E-state index in [2.05, 4.69) is 39.1 Å². The summed E-state index contributed by atoms with van der Waals surface area (Å²) in [4.78, 5) is 12.5. The summed E-state index contributed by atoms with van der Waals surface area (Å²) in [6, 6.07) is 16.0. The van der Waals surface area contributed by atoms with E-state index in [4.69, 9.17) is 0 Å². The van der Waals surface area contributed by atoms with E-state index >= 15 is 0 Å². The topological polar surface area (TPSA) is 29.1 Å². The van der Waals surface area contributed by atoms with Gasteiger partial charge in [0.2, 0.25) is 0 Å². The second kappa shape index (κ2) is 7.45. The number of hydrogen-bond donors (Lipinski definition) is 1. The first-order valence-electron chi connectivity index (χ1n) is 8.41. The summed E-state index contributed by atoms with van der Waals surface area (Å²) in [5, 5.41) is 3.05. The van der Waals surface area contributed by atoms with Crippen LogP contribution in [0.3, 0.4) is 0 Å². The average Bonchev–Trinajstić information content (AvgIpc) is 2.53. The molecule has 2 aromatic carbocycles. The third kappa shape index (κ3) is 4.69. The van der Waals surface area contributed by atoms with Crippen LogP contribution in [0.15, 0.2) is 48.5 Å². The smallest absolute Gasteiger partial charge is 0.255 e. The molecule has 2 heteroatoms. The molecule has 1 N–H and O–H groups in total. The van der Waals surface area contributed by atoms with Crippen LogP contribution in [0.1, 0.15) is 62.0 Å². The molecule has 0 aromatic heterocycles. The molecule has 0 spiro atoms.